The Morgan fingerprint density at radius 2 is 1.24 bits per heavy atom. The molecule has 8 heteroatoms. The van der Waals surface area contributed by atoms with Crippen LogP contribution in [-0.4, -0.2) is 63.7 Å². The number of rotatable bonds is 9. The van der Waals surface area contributed by atoms with Gasteiger partial charge in [-0.1, -0.05) is 0 Å². The average Bonchev–Trinajstić information content (AvgIpc) is 2.39. The Kier molecular flexibility index (Phi) is 9.31. The highest BCUT2D eigenvalue weighted by atomic mass is 16.6. The molecule has 0 bridgehead atoms. The van der Waals surface area contributed by atoms with Crippen molar-refractivity contribution in [3.05, 3.63) is 0 Å². The number of carbonyl (C=O) groups excluding carboxylic acids is 3. The standard InChI is InChI=1S/C13H22O8/c1-8(14)19-6-11(17-4)13(18-5)12(21-10(3)16)7-20-9(2)15/h11-13H,6-7H2,1-5H3/t11-,12-,13-/m1/s1. The molecule has 0 unspecified atom stereocenters. The van der Waals surface area contributed by atoms with E-state index in [9.17, 15) is 14.4 Å². The van der Waals surface area contributed by atoms with Gasteiger partial charge >= 0.3 is 17.9 Å². The quantitative estimate of drug-likeness (QED) is 0.436. The zero-order chi connectivity index (χ0) is 16.4. The van der Waals surface area contributed by atoms with E-state index in [1.54, 1.807) is 0 Å². The first-order chi connectivity index (χ1) is 9.81. The smallest absolute Gasteiger partial charge is 0.303 e. The van der Waals surface area contributed by atoms with E-state index < -0.39 is 36.2 Å². The Morgan fingerprint density at radius 1 is 0.762 bits per heavy atom. The lowest BCUT2D eigenvalue weighted by atomic mass is 10.1. The summed E-state index contributed by atoms with van der Waals surface area (Å²) in [5.74, 6) is -1.55. The molecule has 8 nitrogen and oxygen atoms in total. The van der Waals surface area contributed by atoms with Gasteiger partial charge in [-0.15, -0.1) is 0 Å². The summed E-state index contributed by atoms with van der Waals surface area (Å²) in [6.45, 7) is 3.45. The van der Waals surface area contributed by atoms with Crippen LogP contribution >= 0.6 is 0 Å². The van der Waals surface area contributed by atoms with Crippen LogP contribution in [0.15, 0.2) is 0 Å². The van der Waals surface area contributed by atoms with Crippen molar-refractivity contribution >= 4 is 17.9 Å². The van der Waals surface area contributed by atoms with E-state index in [-0.39, 0.29) is 13.2 Å². The molecule has 21 heavy (non-hydrogen) atoms. The minimum Gasteiger partial charge on any atom is -0.463 e. The maximum Gasteiger partial charge on any atom is 0.303 e. The van der Waals surface area contributed by atoms with Gasteiger partial charge in [-0.3, -0.25) is 14.4 Å². The first-order valence-electron chi connectivity index (χ1n) is 6.31. The Bertz CT molecular complexity index is 354. The molecule has 0 radical (unpaired) electrons. The van der Waals surface area contributed by atoms with E-state index in [1.807, 2.05) is 0 Å². The van der Waals surface area contributed by atoms with Crippen LogP contribution < -0.4 is 0 Å². The molecule has 0 rings (SSSR count). The normalized spacial score (nSPS) is 14.7. The number of methoxy groups -OCH3 is 2. The van der Waals surface area contributed by atoms with Crippen molar-refractivity contribution in [1.82, 2.24) is 0 Å². The lowest BCUT2D eigenvalue weighted by Gasteiger charge is -2.30. The fourth-order valence-electron chi connectivity index (χ4n) is 1.65. The Balaban J connectivity index is 4.91. The number of hydrogen-bond acceptors (Lipinski definition) is 8. The van der Waals surface area contributed by atoms with Gasteiger partial charge in [0, 0.05) is 35.0 Å². The van der Waals surface area contributed by atoms with Gasteiger partial charge in [0.25, 0.3) is 0 Å². The molecule has 0 saturated heterocycles. The largest absolute Gasteiger partial charge is 0.463 e. The van der Waals surface area contributed by atoms with Crippen molar-refractivity contribution in [1.29, 1.82) is 0 Å². The fourth-order valence-corrected chi connectivity index (χ4v) is 1.65. The van der Waals surface area contributed by atoms with Gasteiger partial charge in [0.05, 0.1) is 0 Å². The van der Waals surface area contributed by atoms with Crippen LogP contribution in [0.2, 0.25) is 0 Å². The third-order valence-electron chi connectivity index (χ3n) is 2.53. The maximum absolute atomic E-state index is 11.2. The molecule has 0 aromatic heterocycles. The summed E-state index contributed by atoms with van der Waals surface area (Å²) in [4.78, 5) is 32.9. The molecule has 122 valence electrons. The minimum absolute atomic E-state index is 0.0812. The lowest BCUT2D eigenvalue weighted by molar-refractivity contribution is -0.179. The van der Waals surface area contributed by atoms with Crippen molar-refractivity contribution < 1.29 is 38.1 Å². The highest BCUT2D eigenvalue weighted by Crippen LogP contribution is 2.13. The summed E-state index contributed by atoms with van der Waals surface area (Å²) in [7, 11) is 2.78. The van der Waals surface area contributed by atoms with Crippen LogP contribution in [0.3, 0.4) is 0 Å². The van der Waals surface area contributed by atoms with Crippen molar-refractivity contribution in [3.63, 3.8) is 0 Å². The van der Waals surface area contributed by atoms with E-state index in [2.05, 4.69) is 0 Å². The zero-order valence-electron chi connectivity index (χ0n) is 12.9. The molecule has 0 aromatic rings. The van der Waals surface area contributed by atoms with Gasteiger partial charge in [0.15, 0.2) is 6.10 Å². The first-order valence-corrected chi connectivity index (χ1v) is 6.31. The molecule has 0 aliphatic rings. The topological polar surface area (TPSA) is 97.4 Å². The molecular formula is C13H22O8. The second-order valence-electron chi connectivity index (χ2n) is 4.23. The van der Waals surface area contributed by atoms with Crippen molar-refractivity contribution in [2.75, 3.05) is 27.4 Å². The molecule has 0 fully saturated rings. The van der Waals surface area contributed by atoms with Crippen molar-refractivity contribution in [2.45, 2.75) is 39.1 Å². The average molecular weight is 306 g/mol. The molecule has 0 spiro atoms. The monoisotopic (exact) mass is 306 g/mol. The van der Waals surface area contributed by atoms with Gasteiger partial charge in [0.2, 0.25) is 0 Å². The Labute approximate surface area is 123 Å². The third-order valence-corrected chi connectivity index (χ3v) is 2.53. The highest BCUT2D eigenvalue weighted by molar-refractivity contribution is 5.67. The summed E-state index contributed by atoms with van der Waals surface area (Å²) in [6, 6.07) is 0. The van der Waals surface area contributed by atoms with E-state index >= 15 is 0 Å². The van der Waals surface area contributed by atoms with E-state index in [4.69, 9.17) is 23.7 Å². The highest BCUT2D eigenvalue weighted by Gasteiger charge is 2.34. The van der Waals surface area contributed by atoms with E-state index in [1.165, 1.54) is 35.0 Å². The summed E-state index contributed by atoms with van der Waals surface area (Å²) in [6.07, 6.45) is -2.33. The predicted octanol–water partition coefficient (Wildman–Crippen LogP) is 0.0743. The Morgan fingerprint density at radius 3 is 1.57 bits per heavy atom. The number of hydrogen-bond donors (Lipinski definition) is 0. The van der Waals surface area contributed by atoms with Crippen LogP contribution in [0.4, 0.5) is 0 Å². The van der Waals surface area contributed by atoms with Crippen LogP contribution in [0, 0.1) is 0 Å². The maximum atomic E-state index is 11.2. The van der Waals surface area contributed by atoms with Crippen molar-refractivity contribution in [3.8, 4) is 0 Å². The molecule has 0 aromatic carbocycles. The Hall–Kier alpha value is -1.67. The molecular weight excluding hydrogens is 284 g/mol. The summed E-state index contributed by atoms with van der Waals surface area (Å²) >= 11 is 0. The summed E-state index contributed by atoms with van der Waals surface area (Å²) in [5.41, 5.74) is 0. The first kappa shape index (κ1) is 19.3. The van der Waals surface area contributed by atoms with Crippen LogP contribution in [-0.2, 0) is 38.1 Å². The van der Waals surface area contributed by atoms with Crippen LogP contribution in [0.5, 0.6) is 0 Å². The minimum atomic E-state index is -0.878. The second-order valence-corrected chi connectivity index (χ2v) is 4.23. The molecule has 0 amide bonds. The number of esters is 3. The van der Waals surface area contributed by atoms with Crippen LogP contribution in [0.1, 0.15) is 20.8 Å². The molecule has 0 N–H and O–H groups in total. The fraction of sp³-hybridized carbons (Fsp3) is 0.769. The van der Waals surface area contributed by atoms with Crippen LogP contribution in [0.25, 0.3) is 0 Å². The predicted molar refractivity (Wildman–Crippen MR) is 70.4 cm³/mol. The van der Waals surface area contributed by atoms with Gasteiger partial charge in [0.1, 0.15) is 25.4 Å². The number of ether oxygens (including phenoxy) is 5. The SMILES string of the molecule is CO[C@H]([C@@H](COC(C)=O)OC)[C@@H](COC(C)=O)OC(C)=O. The number of carbonyl (C=O) groups is 3. The molecule has 0 aliphatic heterocycles. The van der Waals surface area contributed by atoms with E-state index in [0.717, 1.165) is 0 Å². The zero-order valence-corrected chi connectivity index (χ0v) is 12.9. The van der Waals surface area contributed by atoms with Gasteiger partial charge in [-0.2, -0.15) is 0 Å². The second kappa shape index (κ2) is 10.1. The van der Waals surface area contributed by atoms with Gasteiger partial charge in [-0.05, 0) is 0 Å². The van der Waals surface area contributed by atoms with Gasteiger partial charge in [-0.25, -0.2) is 0 Å². The third kappa shape index (κ3) is 8.26. The molecule has 0 saturated carbocycles. The summed E-state index contributed by atoms with van der Waals surface area (Å²) in [5, 5.41) is 0. The molecule has 0 heterocycles. The van der Waals surface area contributed by atoms with Gasteiger partial charge < -0.3 is 23.7 Å². The van der Waals surface area contributed by atoms with E-state index in [0.29, 0.717) is 0 Å². The summed E-state index contributed by atoms with van der Waals surface area (Å²) < 4.78 is 25.2. The lowest BCUT2D eigenvalue weighted by Crippen LogP contribution is -2.47. The molecule has 3 atom stereocenters. The van der Waals surface area contributed by atoms with Crippen molar-refractivity contribution in [2.24, 2.45) is 0 Å². The molecule has 0 aliphatic carbocycles.